The molecule has 0 radical (unpaired) electrons. The van der Waals surface area contributed by atoms with Crippen molar-refractivity contribution in [2.75, 3.05) is 6.61 Å². The molecular formula is C8H11NO2S2. The van der Waals surface area contributed by atoms with E-state index >= 15 is 0 Å². The van der Waals surface area contributed by atoms with Gasteiger partial charge in [-0.05, 0) is 11.8 Å². The second-order valence-electron chi connectivity index (χ2n) is 2.80. The minimum absolute atomic E-state index is 0.0313. The van der Waals surface area contributed by atoms with Gasteiger partial charge in [0.2, 0.25) is 0 Å². The minimum atomic E-state index is -0.635. The van der Waals surface area contributed by atoms with Crippen molar-refractivity contribution in [1.82, 2.24) is 0 Å². The minimum Gasteiger partial charge on any atom is -0.461 e. The molecule has 0 aliphatic heterocycles. The van der Waals surface area contributed by atoms with Crippen molar-refractivity contribution in [1.29, 1.82) is 5.41 Å². The Morgan fingerprint density at radius 1 is 1.69 bits per heavy atom. The molecule has 0 aliphatic carbocycles. The number of carbonyl (C=O) groups is 1. The number of ether oxygens (including phenoxy) is 1. The largest absolute Gasteiger partial charge is 0.461 e. The zero-order valence-electron chi connectivity index (χ0n) is 7.46. The van der Waals surface area contributed by atoms with Crippen molar-refractivity contribution in [3.8, 4) is 0 Å². The van der Waals surface area contributed by atoms with Crippen molar-refractivity contribution >= 4 is 40.9 Å². The number of hydrogen-bond donors (Lipinski definition) is 2. The topological polar surface area (TPSA) is 50.2 Å². The Morgan fingerprint density at radius 3 is 2.54 bits per heavy atom. The average Bonchev–Trinajstić information content (AvgIpc) is 2.01. The predicted octanol–water partition coefficient (Wildman–Crippen LogP) is 1.62. The van der Waals surface area contributed by atoms with Crippen molar-refractivity contribution < 1.29 is 9.53 Å². The fourth-order valence-corrected chi connectivity index (χ4v) is 0.788. The smallest absolute Gasteiger partial charge is 0.349 e. The average molecular weight is 217 g/mol. The van der Waals surface area contributed by atoms with Gasteiger partial charge in [-0.3, -0.25) is 5.41 Å². The van der Waals surface area contributed by atoms with E-state index in [1.54, 1.807) is 0 Å². The SMILES string of the molecule is CC(C)COC(=O)C(=C=N)C(=S)S. The van der Waals surface area contributed by atoms with Gasteiger partial charge in [-0.15, -0.1) is 12.6 Å². The fourth-order valence-electron chi connectivity index (χ4n) is 0.506. The molecular weight excluding hydrogens is 206 g/mol. The van der Waals surface area contributed by atoms with E-state index in [0.717, 1.165) is 0 Å². The molecule has 5 heteroatoms. The highest BCUT2D eigenvalue weighted by Gasteiger charge is 2.14. The lowest BCUT2D eigenvalue weighted by molar-refractivity contribution is -0.139. The number of carbonyl (C=O) groups excluding carboxylic acids is 1. The molecule has 0 aromatic rings. The highest BCUT2D eigenvalue weighted by atomic mass is 32.1. The maximum Gasteiger partial charge on any atom is 0.349 e. The lowest BCUT2D eigenvalue weighted by Crippen LogP contribution is -2.15. The highest BCUT2D eigenvalue weighted by Crippen LogP contribution is 2.03. The predicted molar refractivity (Wildman–Crippen MR) is 58.6 cm³/mol. The molecule has 0 aromatic carbocycles. The molecule has 0 aromatic heterocycles. The quantitative estimate of drug-likeness (QED) is 0.247. The number of esters is 1. The lowest BCUT2D eigenvalue weighted by atomic mass is 10.2. The van der Waals surface area contributed by atoms with Gasteiger partial charge in [0.25, 0.3) is 0 Å². The van der Waals surface area contributed by atoms with Crippen LogP contribution in [0.3, 0.4) is 0 Å². The Labute approximate surface area is 88.1 Å². The second kappa shape index (κ2) is 5.91. The van der Waals surface area contributed by atoms with Crippen LogP contribution in [-0.4, -0.2) is 22.6 Å². The van der Waals surface area contributed by atoms with Crippen molar-refractivity contribution in [2.45, 2.75) is 13.8 Å². The molecule has 0 aliphatic rings. The van der Waals surface area contributed by atoms with Gasteiger partial charge in [-0.25, -0.2) is 4.79 Å². The monoisotopic (exact) mass is 217 g/mol. The standard InChI is InChI=1S/C8H11NO2S2/c1-5(2)4-11-7(10)6(3-9)8(12)13/h5,9H,4H2,1-2H3,(H,12,13). The van der Waals surface area contributed by atoms with E-state index in [0.29, 0.717) is 6.61 Å². The van der Waals surface area contributed by atoms with E-state index in [9.17, 15) is 4.79 Å². The number of nitrogens with one attached hydrogen (secondary N) is 1. The van der Waals surface area contributed by atoms with Gasteiger partial charge in [0, 0.05) is 0 Å². The van der Waals surface area contributed by atoms with Gasteiger partial charge in [0.15, 0.2) is 0 Å². The zero-order chi connectivity index (χ0) is 10.4. The van der Waals surface area contributed by atoms with Crippen LogP contribution in [0.1, 0.15) is 13.8 Å². The van der Waals surface area contributed by atoms with Crippen LogP contribution in [0.2, 0.25) is 0 Å². The Hall–Kier alpha value is -0.640. The van der Waals surface area contributed by atoms with Crippen LogP contribution in [0, 0.1) is 11.3 Å². The Bertz CT molecular complexity index is 267. The summed E-state index contributed by atoms with van der Waals surface area (Å²) in [6.45, 7) is 4.14. The lowest BCUT2D eigenvalue weighted by Gasteiger charge is -2.06. The summed E-state index contributed by atoms with van der Waals surface area (Å²) in [5.41, 5.74) is -0.0982. The van der Waals surface area contributed by atoms with Crippen molar-refractivity contribution in [3.63, 3.8) is 0 Å². The molecule has 3 nitrogen and oxygen atoms in total. The summed E-state index contributed by atoms with van der Waals surface area (Å²) in [5, 5.41) is 6.78. The van der Waals surface area contributed by atoms with E-state index in [1.807, 2.05) is 19.7 Å². The van der Waals surface area contributed by atoms with Crippen LogP contribution in [-0.2, 0) is 9.53 Å². The fraction of sp³-hybridized carbons (Fsp3) is 0.500. The normalized spacial score (nSPS) is 9.23. The van der Waals surface area contributed by atoms with Gasteiger partial charge in [-0.2, -0.15) is 0 Å². The first-order valence-corrected chi connectivity index (χ1v) is 4.54. The molecule has 0 amide bonds. The Morgan fingerprint density at radius 2 is 2.23 bits per heavy atom. The van der Waals surface area contributed by atoms with Gasteiger partial charge in [0.05, 0.1) is 10.8 Å². The number of hydrogen-bond acceptors (Lipinski definition) is 4. The van der Waals surface area contributed by atoms with E-state index in [4.69, 9.17) is 10.1 Å². The molecule has 1 N–H and O–H groups in total. The summed E-state index contributed by atoms with van der Waals surface area (Å²) >= 11 is 8.38. The van der Waals surface area contributed by atoms with E-state index in [1.165, 1.54) is 0 Å². The van der Waals surface area contributed by atoms with E-state index in [2.05, 4.69) is 24.8 Å². The Balaban J connectivity index is 4.26. The second-order valence-corrected chi connectivity index (χ2v) is 3.96. The van der Waals surface area contributed by atoms with Crippen molar-refractivity contribution in [3.05, 3.63) is 5.57 Å². The van der Waals surface area contributed by atoms with Crippen molar-refractivity contribution in [2.24, 2.45) is 5.92 Å². The highest BCUT2D eigenvalue weighted by molar-refractivity contribution is 8.12. The summed E-state index contributed by atoms with van der Waals surface area (Å²) in [5.74, 6) is 1.52. The first kappa shape index (κ1) is 12.4. The van der Waals surface area contributed by atoms with Gasteiger partial charge in [0.1, 0.15) is 5.57 Å². The number of thiol groups is 1. The first-order chi connectivity index (χ1) is 5.99. The van der Waals surface area contributed by atoms with Crippen LogP contribution in [0.5, 0.6) is 0 Å². The van der Waals surface area contributed by atoms with Crippen LogP contribution < -0.4 is 0 Å². The summed E-state index contributed by atoms with van der Waals surface area (Å²) in [6, 6.07) is 0. The summed E-state index contributed by atoms with van der Waals surface area (Å²) in [4.78, 5) is 11.1. The van der Waals surface area contributed by atoms with Gasteiger partial charge >= 0.3 is 5.97 Å². The third-order valence-corrected chi connectivity index (χ3v) is 1.52. The zero-order valence-corrected chi connectivity index (χ0v) is 9.17. The molecule has 0 unspecified atom stereocenters. The molecule has 0 fully saturated rings. The molecule has 0 bridgehead atoms. The maximum absolute atomic E-state index is 11.1. The third kappa shape index (κ3) is 4.83. The maximum atomic E-state index is 11.1. The van der Waals surface area contributed by atoms with Crippen LogP contribution in [0.25, 0.3) is 0 Å². The van der Waals surface area contributed by atoms with Crippen LogP contribution in [0.15, 0.2) is 5.57 Å². The molecule has 0 saturated heterocycles. The van der Waals surface area contributed by atoms with Crippen LogP contribution >= 0.6 is 24.8 Å². The number of thiocarbonyl (C=S) groups is 1. The van der Waals surface area contributed by atoms with E-state index in [-0.39, 0.29) is 15.7 Å². The third-order valence-electron chi connectivity index (χ3n) is 1.09. The number of rotatable bonds is 4. The summed E-state index contributed by atoms with van der Waals surface area (Å²) in [6.07, 6.45) is 0. The summed E-state index contributed by atoms with van der Waals surface area (Å²) in [7, 11) is 0. The van der Waals surface area contributed by atoms with Gasteiger partial charge in [-0.1, -0.05) is 26.1 Å². The molecule has 0 heterocycles. The Kier molecular flexibility index (Phi) is 5.62. The first-order valence-electron chi connectivity index (χ1n) is 3.69. The van der Waals surface area contributed by atoms with Crippen LogP contribution in [0.4, 0.5) is 0 Å². The molecule has 0 rings (SSSR count). The molecule has 0 saturated carbocycles. The summed E-state index contributed by atoms with van der Waals surface area (Å²) < 4.78 is 4.85. The molecule has 72 valence electrons. The molecule has 0 atom stereocenters. The van der Waals surface area contributed by atoms with E-state index < -0.39 is 5.97 Å². The molecule has 0 spiro atoms. The molecule has 13 heavy (non-hydrogen) atoms. The van der Waals surface area contributed by atoms with Gasteiger partial charge < -0.3 is 4.74 Å².